The lowest BCUT2D eigenvalue weighted by Crippen LogP contribution is -2.10. The highest BCUT2D eigenvalue weighted by molar-refractivity contribution is 7.16. The number of imidazole rings is 1. The van der Waals surface area contributed by atoms with Crippen LogP contribution in [-0.4, -0.2) is 19.7 Å². The molecule has 1 N–H and O–H groups in total. The molecule has 0 aliphatic rings. The number of hydrogen-bond donors (Lipinski definition) is 1. The normalized spacial score (nSPS) is 15.3. The van der Waals surface area contributed by atoms with E-state index in [0.717, 1.165) is 15.9 Å². The smallest absolute Gasteiger partial charge is 0.390 e. The highest BCUT2D eigenvalue weighted by Crippen LogP contribution is 2.33. The molecule has 0 unspecified atom stereocenters. The van der Waals surface area contributed by atoms with Crippen molar-refractivity contribution in [2.24, 2.45) is 0 Å². The summed E-state index contributed by atoms with van der Waals surface area (Å²) in [5.41, 5.74) is -1.67. The zero-order chi connectivity index (χ0) is 13.7. The molecule has 16 heavy (non-hydrogen) atoms. The molecule has 8 heteroatoms. The van der Waals surface area contributed by atoms with Gasteiger partial charge in [0.25, 0.3) is 0 Å². The quantitative estimate of drug-likeness (QED) is 0.888. The Balaban J connectivity index is 2.65. The van der Waals surface area contributed by atoms with Crippen LogP contribution in [0.4, 0.5) is 13.2 Å². The maximum Gasteiger partial charge on any atom is 0.435 e. The summed E-state index contributed by atoms with van der Waals surface area (Å²) in [4.78, 5) is 3.27. The van der Waals surface area contributed by atoms with E-state index in [1.54, 1.807) is 0 Å². The molecule has 0 aliphatic carbocycles. The second-order valence-corrected chi connectivity index (χ2v) is 3.87. The molecule has 0 fully saturated rings. The maximum atomic E-state index is 12.6. The summed E-state index contributed by atoms with van der Waals surface area (Å²) in [6.07, 6.45) is -6.44. The molecule has 0 atom stereocenters. The molecule has 2 aromatic heterocycles. The number of nitrogens with zero attached hydrogens (tertiary/aromatic N) is 3. The first kappa shape index (κ1) is 8.94. The van der Waals surface area contributed by atoms with Gasteiger partial charge in [-0.3, -0.25) is 0 Å². The Hall–Kier alpha value is -1.15. The summed E-state index contributed by atoms with van der Waals surface area (Å²) < 4.78 is 53.5. The van der Waals surface area contributed by atoms with Crippen molar-refractivity contribution in [1.29, 1.82) is 0 Å². The van der Waals surface area contributed by atoms with E-state index in [9.17, 15) is 13.2 Å². The lowest BCUT2D eigenvalue weighted by Gasteiger charge is -2.03. The topological polar surface area (TPSA) is 50.4 Å². The minimum atomic E-state index is -4.67. The largest absolute Gasteiger partial charge is 0.435 e. The first-order chi connectivity index (χ1) is 8.14. The summed E-state index contributed by atoms with van der Waals surface area (Å²) in [7, 11) is 0. The molecule has 0 aliphatic heterocycles. The highest BCUT2D eigenvalue weighted by atomic mass is 32.1. The molecule has 2 aromatic rings. The number of hydrogen-bond acceptors (Lipinski definition) is 4. The van der Waals surface area contributed by atoms with Crippen LogP contribution < -0.4 is 0 Å². The summed E-state index contributed by atoms with van der Waals surface area (Å²) in [5.74, 6) is 0. The third-order valence-corrected chi connectivity index (χ3v) is 2.85. The van der Waals surface area contributed by atoms with Crippen LogP contribution in [-0.2, 0) is 19.2 Å². The van der Waals surface area contributed by atoms with E-state index >= 15 is 0 Å². The van der Waals surface area contributed by atoms with Crippen molar-refractivity contribution in [2.45, 2.75) is 26.1 Å². The van der Waals surface area contributed by atoms with Gasteiger partial charge in [-0.2, -0.15) is 18.3 Å². The fourth-order valence-electron chi connectivity index (χ4n) is 1.26. The zero-order valence-corrected chi connectivity index (χ0v) is 8.85. The second-order valence-electron chi connectivity index (χ2n) is 2.91. The Labute approximate surface area is 95.2 Å². The molecule has 0 radical (unpaired) electrons. The number of aliphatic hydroxyl groups is 1. The Kier molecular flexibility index (Phi) is 2.07. The molecule has 2 heterocycles. The Bertz CT molecular complexity index is 587. The van der Waals surface area contributed by atoms with Gasteiger partial charge in [0.15, 0.2) is 5.69 Å². The van der Waals surface area contributed by atoms with Crippen molar-refractivity contribution in [2.75, 3.05) is 0 Å². The predicted molar refractivity (Wildman–Crippen MR) is 51.2 cm³/mol. The third kappa shape index (κ3) is 1.67. The summed E-state index contributed by atoms with van der Waals surface area (Å²) in [6.45, 7) is 0.375. The van der Waals surface area contributed by atoms with Gasteiger partial charge in [0.1, 0.15) is 10.7 Å². The second kappa shape index (κ2) is 3.70. The van der Waals surface area contributed by atoms with Crippen LogP contribution in [0.3, 0.4) is 0 Å². The number of aryl methyl sites for hydroxylation is 1. The van der Waals surface area contributed by atoms with Gasteiger partial charge in [-0.05, 0) is 6.37 Å². The SMILES string of the molecule is [2H]C([2H])(C)c1nn2c(CO)c(C(F)(F)F)nc2s1. The first-order valence-electron chi connectivity index (χ1n) is 5.21. The number of rotatable bonds is 2. The molecule has 2 rings (SSSR count). The van der Waals surface area contributed by atoms with Gasteiger partial charge < -0.3 is 5.11 Å². The number of aromatic nitrogens is 3. The van der Waals surface area contributed by atoms with E-state index in [-0.39, 0.29) is 9.97 Å². The molecule has 4 nitrogen and oxygen atoms in total. The van der Waals surface area contributed by atoms with Crippen LogP contribution in [0.2, 0.25) is 0 Å². The van der Waals surface area contributed by atoms with Crippen LogP contribution in [0.1, 0.15) is 26.1 Å². The molecule has 0 aromatic carbocycles. The van der Waals surface area contributed by atoms with Gasteiger partial charge in [-0.15, -0.1) is 0 Å². The lowest BCUT2D eigenvalue weighted by atomic mass is 10.3. The van der Waals surface area contributed by atoms with Crippen LogP contribution in [0.5, 0.6) is 0 Å². The Morgan fingerprint density at radius 3 is 2.75 bits per heavy atom. The standard InChI is InChI=1S/C8H8F3N3OS/c1-2-5-13-14-4(3-15)6(8(9,10)11)12-7(14)16-5/h15H,2-3H2,1H3/i2D2. The van der Waals surface area contributed by atoms with Crippen molar-refractivity contribution in [1.82, 2.24) is 14.6 Å². The monoisotopic (exact) mass is 253 g/mol. The van der Waals surface area contributed by atoms with E-state index in [1.807, 2.05) is 0 Å². The fraction of sp³-hybridized carbons (Fsp3) is 0.500. The summed E-state index contributed by atoms with van der Waals surface area (Å²) in [5, 5.41) is 12.7. The van der Waals surface area contributed by atoms with E-state index in [1.165, 1.54) is 6.92 Å². The highest BCUT2D eigenvalue weighted by Gasteiger charge is 2.38. The van der Waals surface area contributed by atoms with Gasteiger partial charge in [0.05, 0.1) is 6.61 Å². The van der Waals surface area contributed by atoms with Crippen molar-refractivity contribution in [3.8, 4) is 0 Å². The minimum Gasteiger partial charge on any atom is -0.390 e. The molecule has 0 spiro atoms. The van der Waals surface area contributed by atoms with E-state index in [4.69, 9.17) is 7.85 Å². The van der Waals surface area contributed by atoms with Crippen LogP contribution in [0, 0.1) is 0 Å². The van der Waals surface area contributed by atoms with Gasteiger partial charge in [-0.25, -0.2) is 9.50 Å². The van der Waals surface area contributed by atoms with Crippen molar-refractivity contribution in [3.05, 3.63) is 16.4 Å². The molecule has 0 amide bonds. The average molecular weight is 253 g/mol. The van der Waals surface area contributed by atoms with Crippen molar-refractivity contribution < 1.29 is 21.0 Å². The van der Waals surface area contributed by atoms with Gasteiger partial charge >= 0.3 is 6.18 Å². The van der Waals surface area contributed by atoms with Gasteiger partial charge in [-0.1, -0.05) is 18.3 Å². The Morgan fingerprint density at radius 1 is 1.56 bits per heavy atom. The molecular formula is C8H8F3N3OS. The zero-order valence-electron chi connectivity index (χ0n) is 10.0. The fourth-order valence-corrected chi connectivity index (χ4v) is 2.03. The Morgan fingerprint density at radius 2 is 2.25 bits per heavy atom. The van der Waals surface area contributed by atoms with E-state index in [0.29, 0.717) is 0 Å². The van der Waals surface area contributed by atoms with Crippen LogP contribution in [0.15, 0.2) is 0 Å². The molecular weight excluding hydrogens is 243 g/mol. The first-order valence-corrected chi connectivity index (χ1v) is 5.03. The van der Waals surface area contributed by atoms with Crippen LogP contribution in [0.25, 0.3) is 4.96 Å². The number of halogens is 3. The molecule has 88 valence electrons. The van der Waals surface area contributed by atoms with Gasteiger partial charge in [0, 0.05) is 2.74 Å². The number of alkyl halides is 3. The molecule has 0 saturated heterocycles. The van der Waals surface area contributed by atoms with Crippen molar-refractivity contribution >= 4 is 16.3 Å². The summed E-state index contributed by atoms with van der Waals surface area (Å²) >= 11 is 0.725. The van der Waals surface area contributed by atoms with Crippen LogP contribution >= 0.6 is 11.3 Å². The minimum absolute atomic E-state index is 0.00780. The average Bonchev–Trinajstić information content (AvgIpc) is 2.69. The predicted octanol–water partition coefficient (Wildman–Crippen LogP) is 1.86. The van der Waals surface area contributed by atoms with E-state index < -0.39 is 30.5 Å². The van der Waals surface area contributed by atoms with Gasteiger partial charge in [0.2, 0.25) is 4.96 Å². The number of fused-ring (bicyclic) bond motifs is 1. The number of aliphatic hydroxyl groups excluding tert-OH is 1. The van der Waals surface area contributed by atoms with E-state index in [2.05, 4.69) is 10.1 Å². The third-order valence-electron chi connectivity index (χ3n) is 1.93. The summed E-state index contributed by atoms with van der Waals surface area (Å²) in [6, 6.07) is 0. The maximum absolute atomic E-state index is 12.6. The van der Waals surface area contributed by atoms with Crippen molar-refractivity contribution in [3.63, 3.8) is 0 Å². The lowest BCUT2D eigenvalue weighted by molar-refractivity contribution is -0.142. The molecule has 0 bridgehead atoms. The molecule has 0 saturated carbocycles.